The van der Waals surface area contributed by atoms with Gasteiger partial charge in [-0.1, -0.05) is 40.2 Å². The monoisotopic (exact) mass is 358 g/mol. The largest absolute Gasteiger partial charge is 0.504 e. The number of phenols is 1. The lowest BCUT2D eigenvalue weighted by Crippen LogP contribution is -2.00. The van der Waals surface area contributed by atoms with Crippen LogP contribution in [0.25, 0.3) is 6.08 Å². The predicted molar refractivity (Wildman–Crippen MR) is 85.4 cm³/mol. The highest BCUT2D eigenvalue weighted by atomic mass is 79.9. The molecule has 0 saturated heterocycles. The van der Waals surface area contributed by atoms with Crippen molar-refractivity contribution < 1.29 is 19.4 Å². The Morgan fingerprint density at radius 1 is 1.09 bits per heavy atom. The van der Waals surface area contributed by atoms with Gasteiger partial charge in [0.2, 0.25) is 0 Å². The lowest BCUT2D eigenvalue weighted by Gasteiger charge is -2.07. The van der Waals surface area contributed by atoms with E-state index in [0.29, 0.717) is 21.2 Å². The Labute approximate surface area is 135 Å². The molecular formula is C17H11BrO4. The maximum atomic E-state index is 12.3. The Hall–Kier alpha value is -2.40. The second kappa shape index (κ2) is 5.42. The van der Waals surface area contributed by atoms with E-state index in [-0.39, 0.29) is 28.6 Å². The highest BCUT2D eigenvalue weighted by Gasteiger charge is 2.32. The summed E-state index contributed by atoms with van der Waals surface area (Å²) in [5.74, 6) is -0.524. The molecule has 0 radical (unpaired) electrons. The topological polar surface area (TPSA) is 63.6 Å². The van der Waals surface area contributed by atoms with E-state index in [9.17, 15) is 14.7 Å². The molecule has 0 bridgehead atoms. The molecule has 110 valence electrons. The number of allylic oxidation sites excluding steroid dienone is 1. The van der Waals surface area contributed by atoms with Crippen LogP contribution >= 0.6 is 15.9 Å². The van der Waals surface area contributed by atoms with E-state index in [1.54, 1.807) is 36.4 Å². The fourth-order valence-electron chi connectivity index (χ4n) is 2.42. The van der Waals surface area contributed by atoms with Gasteiger partial charge in [-0.25, -0.2) is 0 Å². The Balaban J connectivity index is 2.14. The van der Waals surface area contributed by atoms with E-state index in [1.165, 1.54) is 13.2 Å². The van der Waals surface area contributed by atoms with Gasteiger partial charge in [-0.3, -0.25) is 9.59 Å². The number of rotatable bonds is 2. The number of carbonyl (C=O) groups excluding carboxylic acids is 2. The van der Waals surface area contributed by atoms with E-state index in [1.807, 2.05) is 0 Å². The number of fused-ring (bicyclic) bond motifs is 1. The van der Waals surface area contributed by atoms with Crippen LogP contribution in [-0.2, 0) is 0 Å². The fraction of sp³-hybridized carbons (Fsp3) is 0.0588. The van der Waals surface area contributed by atoms with Crippen LogP contribution in [0.2, 0.25) is 0 Å². The summed E-state index contributed by atoms with van der Waals surface area (Å²) in [4.78, 5) is 24.7. The van der Waals surface area contributed by atoms with Crippen LogP contribution in [0.5, 0.6) is 11.5 Å². The maximum Gasteiger partial charge on any atom is 0.197 e. The summed E-state index contributed by atoms with van der Waals surface area (Å²) in [5, 5.41) is 10.2. The summed E-state index contributed by atoms with van der Waals surface area (Å²) < 4.78 is 5.74. The summed E-state index contributed by atoms with van der Waals surface area (Å²) >= 11 is 3.31. The lowest BCUT2D eigenvalue weighted by molar-refractivity contribution is 0.0990. The molecule has 0 fully saturated rings. The van der Waals surface area contributed by atoms with Crippen LogP contribution < -0.4 is 4.74 Å². The van der Waals surface area contributed by atoms with E-state index in [4.69, 9.17) is 4.74 Å². The van der Waals surface area contributed by atoms with Gasteiger partial charge in [0, 0.05) is 21.2 Å². The van der Waals surface area contributed by atoms with Crippen molar-refractivity contribution in [3.63, 3.8) is 0 Å². The zero-order valence-corrected chi connectivity index (χ0v) is 13.2. The molecule has 5 heteroatoms. The van der Waals surface area contributed by atoms with Crippen LogP contribution in [0.15, 0.2) is 46.4 Å². The average Bonchev–Trinajstić information content (AvgIpc) is 2.76. The van der Waals surface area contributed by atoms with Gasteiger partial charge >= 0.3 is 0 Å². The molecule has 3 rings (SSSR count). The normalized spacial score (nSPS) is 13.3. The molecule has 0 spiro atoms. The molecular weight excluding hydrogens is 348 g/mol. The predicted octanol–water partition coefficient (Wildman–Crippen LogP) is 3.63. The molecule has 2 aromatic carbocycles. The molecule has 0 saturated carbocycles. The van der Waals surface area contributed by atoms with Crippen molar-refractivity contribution in [1.29, 1.82) is 0 Å². The summed E-state index contributed by atoms with van der Waals surface area (Å²) in [6.07, 6.45) is 1.40. The third-order valence-corrected chi connectivity index (χ3v) is 3.95. The van der Waals surface area contributed by atoms with Crippen molar-refractivity contribution in [2.24, 2.45) is 0 Å². The Kier molecular flexibility index (Phi) is 3.58. The molecule has 0 heterocycles. The third-order valence-electron chi connectivity index (χ3n) is 3.49. The van der Waals surface area contributed by atoms with Gasteiger partial charge in [0.1, 0.15) is 0 Å². The number of Topliss-reactive ketones (excluding diaryl/α,β-unsaturated/α-hetero) is 2. The Bertz CT molecular complexity index is 800. The number of carbonyl (C=O) groups is 2. The molecule has 0 atom stereocenters. The number of benzene rings is 2. The molecule has 2 aromatic rings. The van der Waals surface area contributed by atoms with Crippen molar-refractivity contribution >= 4 is 33.6 Å². The first kappa shape index (κ1) is 14.5. The summed E-state index contributed by atoms with van der Waals surface area (Å²) in [5.41, 5.74) is 1.16. The van der Waals surface area contributed by atoms with Crippen LogP contribution in [0.4, 0.5) is 0 Å². The van der Waals surface area contributed by atoms with Gasteiger partial charge in [-0.05, 0) is 18.2 Å². The lowest BCUT2D eigenvalue weighted by atomic mass is 10.1. The second-order valence-corrected chi connectivity index (χ2v) is 5.72. The maximum absolute atomic E-state index is 12.3. The number of aromatic hydroxyl groups is 1. The number of phenolic OH excluding ortho intramolecular Hbond substituents is 1. The standard InChI is InChI=1S/C17H11BrO4/c1-22-14-8-10(18)6-9(15(14)19)7-13-16(20)11-4-2-3-5-12(11)17(13)21/h2-8,19H,1H3. The zero-order chi connectivity index (χ0) is 15.9. The fourth-order valence-corrected chi connectivity index (χ4v) is 2.87. The molecule has 0 aromatic heterocycles. The number of ether oxygens (including phenoxy) is 1. The highest BCUT2D eigenvalue weighted by molar-refractivity contribution is 9.10. The summed E-state index contributed by atoms with van der Waals surface area (Å²) in [6.45, 7) is 0. The summed E-state index contributed by atoms with van der Waals surface area (Å²) in [7, 11) is 1.43. The van der Waals surface area contributed by atoms with E-state index >= 15 is 0 Å². The molecule has 22 heavy (non-hydrogen) atoms. The van der Waals surface area contributed by atoms with E-state index < -0.39 is 0 Å². The number of halogens is 1. The second-order valence-electron chi connectivity index (χ2n) is 4.81. The van der Waals surface area contributed by atoms with Crippen molar-refractivity contribution in [3.8, 4) is 11.5 Å². The SMILES string of the molecule is COc1cc(Br)cc(C=C2C(=O)c3ccccc3C2=O)c1O. The van der Waals surface area contributed by atoms with Crippen LogP contribution in [0.1, 0.15) is 26.3 Å². The van der Waals surface area contributed by atoms with Gasteiger partial charge in [0.25, 0.3) is 0 Å². The minimum atomic E-state index is -0.334. The van der Waals surface area contributed by atoms with Crippen LogP contribution in [-0.4, -0.2) is 23.8 Å². The van der Waals surface area contributed by atoms with Gasteiger partial charge in [-0.2, -0.15) is 0 Å². The molecule has 0 unspecified atom stereocenters. The molecule has 0 amide bonds. The Morgan fingerprint density at radius 2 is 1.68 bits per heavy atom. The molecule has 1 aliphatic carbocycles. The van der Waals surface area contributed by atoms with Crippen molar-refractivity contribution in [1.82, 2.24) is 0 Å². The number of hydrogen-bond donors (Lipinski definition) is 1. The van der Waals surface area contributed by atoms with Crippen molar-refractivity contribution in [2.45, 2.75) is 0 Å². The Morgan fingerprint density at radius 3 is 2.23 bits per heavy atom. The van der Waals surface area contributed by atoms with Gasteiger partial charge < -0.3 is 9.84 Å². The minimum Gasteiger partial charge on any atom is -0.504 e. The molecule has 1 aliphatic rings. The quantitative estimate of drug-likeness (QED) is 0.657. The first-order chi connectivity index (χ1) is 10.5. The van der Waals surface area contributed by atoms with Gasteiger partial charge in [0.15, 0.2) is 23.1 Å². The number of ketones is 2. The van der Waals surface area contributed by atoms with Crippen LogP contribution in [0, 0.1) is 0 Å². The van der Waals surface area contributed by atoms with Gasteiger partial charge in [-0.15, -0.1) is 0 Å². The highest BCUT2D eigenvalue weighted by Crippen LogP contribution is 2.36. The first-order valence-electron chi connectivity index (χ1n) is 6.49. The van der Waals surface area contributed by atoms with E-state index in [2.05, 4.69) is 15.9 Å². The van der Waals surface area contributed by atoms with Crippen molar-refractivity contribution in [2.75, 3.05) is 7.11 Å². The smallest absolute Gasteiger partial charge is 0.197 e. The van der Waals surface area contributed by atoms with Gasteiger partial charge in [0.05, 0.1) is 12.7 Å². The van der Waals surface area contributed by atoms with Crippen LogP contribution in [0.3, 0.4) is 0 Å². The zero-order valence-electron chi connectivity index (χ0n) is 11.6. The van der Waals surface area contributed by atoms with Crippen molar-refractivity contribution in [3.05, 3.63) is 63.1 Å². The van der Waals surface area contributed by atoms with E-state index in [0.717, 1.165) is 0 Å². The number of methoxy groups -OCH3 is 1. The summed E-state index contributed by atoms with van der Waals surface area (Å²) in [6, 6.07) is 9.90. The average molecular weight is 359 g/mol. The molecule has 4 nitrogen and oxygen atoms in total. The molecule has 1 N–H and O–H groups in total. The molecule has 0 aliphatic heterocycles. The third kappa shape index (κ3) is 2.23. The number of hydrogen-bond acceptors (Lipinski definition) is 4. The first-order valence-corrected chi connectivity index (χ1v) is 7.29. The minimum absolute atomic E-state index is 0.0386.